The summed E-state index contributed by atoms with van der Waals surface area (Å²) in [7, 11) is 0. The molecule has 0 saturated carbocycles. The van der Waals surface area contributed by atoms with E-state index in [1.165, 1.54) is 17.9 Å². The number of carbonyl (C=O) groups is 4. The second-order valence-corrected chi connectivity index (χ2v) is 7.17. The maximum Gasteiger partial charge on any atom is 0.338 e. The van der Waals surface area contributed by atoms with Crippen LogP contribution in [-0.4, -0.2) is 42.8 Å². The number of anilines is 2. The third-order valence-electron chi connectivity index (χ3n) is 4.81. The Morgan fingerprint density at radius 3 is 2.65 bits per heavy atom. The number of carbonyl (C=O) groups excluding carboxylic acids is 4. The first-order chi connectivity index (χ1) is 14.8. The summed E-state index contributed by atoms with van der Waals surface area (Å²) in [4.78, 5) is 50.6. The van der Waals surface area contributed by atoms with Gasteiger partial charge in [0, 0.05) is 11.3 Å². The van der Waals surface area contributed by atoms with Crippen LogP contribution < -0.4 is 15.0 Å². The zero-order valence-electron chi connectivity index (χ0n) is 17.6. The molecule has 1 atom stereocenters. The van der Waals surface area contributed by atoms with Gasteiger partial charge in [0.2, 0.25) is 5.91 Å². The number of hydrogen-bond donors (Lipinski definition) is 1. The largest absolute Gasteiger partial charge is 0.482 e. The van der Waals surface area contributed by atoms with E-state index in [0.717, 1.165) is 0 Å². The third kappa shape index (κ3) is 4.91. The Morgan fingerprint density at radius 1 is 1.16 bits per heavy atom. The van der Waals surface area contributed by atoms with Gasteiger partial charge in [-0.1, -0.05) is 13.0 Å². The monoisotopic (exact) mass is 424 g/mol. The smallest absolute Gasteiger partial charge is 0.338 e. The Hall–Kier alpha value is -3.68. The highest BCUT2D eigenvalue weighted by molar-refractivity contribution is 6.08. The molecule has 8 heteroatoms. The number of ether oxygens (including phenoxy) is 2. The lowest BCUT2D eigenvalue weighted by atomic mass is 10.1. The van der Waals surface area contributed by atoms with E-state index in [-0.39, 0.29) is 12.4 Å². The molecule has 1 heterocycles. The molecule has 0 aromatic heterocycles. The highest BCUT2D eigenvalue weighted by Gasteiger charge is 2.33. The van der Waals surface area contributed by atoms with Gasteiger partial charge in [-0.25, -0.2) is 4.79 Å². The van der Waals surface area contributed by atoms with Gasteiger partial charge in [0.15, 0.2) is 12.4 Å². The normalized spacial score (nSPS) is 13.6. The van der Waals surface area contributed by atoms with Gasteiger partial charge in [0.25, 0.3) is 5.91 Å². The highest BCUT2D eigenvalue weighted by Crippen LogP contribution is 2.34. The fourth-order valence-corrected chi connectivity index (χ4v) is 3.18. The van der Waals surface area contributed by atoms with Gasteiger partial charge < -0.3 is 14.8 Å². The zero-order valence-corrected chi connectivity index (χ0v) is 17.6. The van der Waals surface area contributed by atoms with Crippen molar-refractivity contribution in [3.63, 3.8) is 0 Å². The van der Waals surface area contributed by atoms with Crippen LogP contribution in [0.4, 0.5) is 11.4 Å². The fourth-order valence-electron chi connectivity index (χ4n) is 3.18. The van der Waals surface area contributed by atoms with Crippen LogP contribution in [-0.2, 0) is 14.3 Å². The summed E-state index contributed by atoms with van der Waals surface area (Å²) in [6.07, 6.45) is 0.708. The Bertz CT molecular complexity index is 1030. The van der Waals surface area contributed by atoms with Gasteiger partial charge in [-0.2, -0.15) is 0 Å². The fraction of sp³-hybridized carbons (Fsp3) is 0.304. The molecule has 162 valence electrons. The molecule has 0 aliphatic carbocycles. The topological polar surface area (TPSA) is 102 Å². The molecule has 2 aromatic carbocycles. The first-order valence-corrected chi connectivity index (χ1v) is 9.99. The van der Waals surface area contributed by atoms with Gasteiger partial charge in [-0.3, -0.25) is 19.3 Å². The number of benzene rings is 2. The summed E-state index contributed by atoms with van der Waals surface area (Å²) in [5.41, 5.74) is 1.50. The lowest BCUT2D eigenvalue weighted by Crippen LogP contribution is -2.49. The van der Waals surface area contributed by atoms with E-state index in [1.54, 1.807) is 43.3 Å². The quantitative estimate of drug-likeness (QED) is 0.541. The minimum atomic E-state index is -0.881. The molecule has 2 aromatic rings. The minimum Gasteiger partial charge on any atom is -0.482 e. The summed E-state index contributed by atoms with van der Waals surface area (Å²) in [5.74, 6) is -1.06. The highest BCUT2D eigenvalue weighted by atomic mass is 16.5. The molecule has 0 spiro atoms. The number of amides is 2. The van der Waals surface area contributed by atoms with Crippen LogP contribution in [0, 0.1) is 0 Å². The van der Waals surface area contributed by atoms with Crippen LogP contribution in [0.15, 0.2) is 42.5 Å². The minimum absolute atomic E-state index is 0.162. The molecule has 1 aliphatic rings. The van der Waals surface area contributed by atoms with E-state index >= 15 is 0 Å². The van der Waals surface area contributed by atoms with Gasteiger partial charge >= 0.3 is 5.97 Å². The lowest BCUT2D eigenvalue weighted by molar-refractivity contribution is -0.125. The maximum atomic E-state index is 12.9. The first kappa shape index (κ1) is 22.0. The average molecular weight is 424 g/mol. The van der Waals surface area contributed by atoms with Crippen molar-refractivity contribution < 1.29 is 28.7 Å². The molecule has 2 amide bonds. The number of hydrogen-bond acceptors (Lipinski definition) is 6. The van der Waals surface area contributed by atoms with Crippen LogP contribution in [0.1, 0.15) is 47.9 Å². The molecule has 8 nitrogen and oxygen atoms in total. The number of esters is 1. The zero-order chi connectivity index (χ0) is 22.5. The van der Waals surface area contributed by atoms with E-state index in [9.17, 15) is 19.2 Å². The molecule has 3 rings (SSSR count). The third-order valence-corrected chi connectivity index (χ3v) is 4.81. The van der Waals surface area contributed by atoms with E-state index in [0.29, 0.717) is 41.3 Å². The Labute approximate surface area is 180 Å². The van der Waals surface area contributed by atoms with Gasteiger partial charge in [-0.15, -0.1) is 0 Å². The molecule has 0 fully saturated rings. The van der Waals surface area contributed by atoms with Gasteiger partial charge in [-0.05, 0) is 56.7 Å². The molecule has 0 radical (unpaired) electrons. The van der Waals surface area contributed by atoms with Crippen molar-refractivity contribution >= 4 is 34.9 Å². The summed E-state index contributed by atoms with van der Waals surface area (Å²) in [6, 6.07) is 10.3. The molecule has 31 heavy (non-hydrogen) atoms. The molecular formula is C23H24N2O6. The maximum absolute atomic E-state index is 12.9. The summed E-state index contributed by atoms with van der Waals surface area (Å²) < 4.78 is 10.6. The SMILES string of the molecule is CCCOC(=O)c1cccc(NC(=O)C(C)N2C(=O)COc3ccc(C(C)=O)cc32)c1. The molecular weight excluding hydrogens is 400 g/mol. The van der Waals surface area contributed by atoms with Crippen LogP contribution in [0.25, 0.3) is 0 Å². The summed E-state index contributed by atoms with van der Waals surface area (Å²) >= 11 is 0. The lowest BCUT2D eigenvalue weighted by Gasteiger charge is -2.33. The van der Waals surface area contributed by atoms with Crippen molar-refractivity contribution in [2.24, 2.45) is 0 Å². The van der Waals surface area contributed by atoms with Crippen LogP contribution in [0.3, 0.4) is 0 Å². The Kier molecular flexibility index (Phi) is 6.69. The van der Waals surface area contributed by atoms with E-state index in [2.05, 4.69) is 5.32 Å². The molecule has 0 bridgehead atoms. The predicted molar refractivity (Wildman–Crippen MR) is 115 cm³/mol. The number of rotatable bonds is 7. The van der Waals surface area contributed by atoms with Crippen LogP contribution in [0.2, 0.25) is 0 Å². The molecule has 1 unspecified atom stereocenters. The van der Waals surface area contributed by atoms with E-state index in [1.807, 2.05) is 6.92 Å². The van der Waals surface area contributed by atoms with Crippen LogP contribution >= 0.6 is 0 Å². The van der Waals surface area contributed by atoms with Crippen molar-refractivity contribution in [2.75, 3.05) is 23.4 Å². The average Bonchev–Trinajstić information content (AvgIpc) is 2.76. The van der Waals surface area contributed by atoms with Crippen molar-refractivity contribution in [1.82, 2.24) is 0 Å². The number of Topliss-reactive ketones (excluding diaryl/α,β-unsaturated/α-hetero) is 1. The number of nitrogens with one attached hydrogen (secondary N) is 1. The number of nitrogens with zero attached hydrogens (tertiary/aromatic N) is 1. The Balaban J connectivity index is 1.81. The summed E-state index contributed by atoms with van der Waals surface area (Å²) in [6.45, 7) is 5.01. The van der Waals surface area contributed by atoms with E-state index in [4.69, 9.17) is 9.47 Å². The second kappa shape index (κ2) is 9.42. The standard InChI is InChI=1S/C23H24N2O6/c1-4-10-30-23(29)17-6-5-7-18(11-17)24-22(28)14(2)25-19-12-16(15(3)26)8-9-20(19)31-13-21(25)27/h5-9,11-12,14H,4,10,13H2,1-3H3,(H,24,28). The number of fused-ring (bicyclic) bond motifs is 1. The van der Waals surface area contributed by atoms with Gasteiger partial charge in [0.1, 0.15) is 11.8 Å². The van der Waals surface area contributed by atoms with Crippen LogP contribution in [0.5, 0.6) is 5.75 Å². The Morgan fingerprint density at radius 2 is 1.94 bits per heavy atom. The second-order valence-electron chi connectivity index (χ2n) is 7.17. The van der Waals surface area contributed by atoms with E-state index < -0.39 is 23.8 Å². The van der Waals surface area contributed by atoms with Crippen molar-refractivity contribution in [3.8, 4) is 5.75 Å². The van der Waals surface area contributed by atoms with Crippen molar-refractivity contribution in [3.05, 3.63) is 53.6 Å². The predicted octanol–water partition coefficient (Wildman–Crippen LogP) is 3.21. The van der Waals surface area contributed by atoms with Crippen molar-refractivity contribution in [2.45, 2.75) is 33.2 Å². The number of ketones is 1. The molecule has 1 N–H and O–H groups in total. The summed E-state index contributed by atoms with van der Waals surface area (Å²) in [5, 5.41) is 2.73. The van der Waals surface area contributed by atoms with Crippen molar-refractivity contribution in [1.29, 1.82) is 0 Å². The molecule has 1 aliphatic heterocycles. The molecule has 0 saturated heterocycles. The van der Waals surface area contributed by atoms with Gasteiger partial charge in [0.05, 0.1) is 17.9 Å². The first-order valence-electron chi connectivity index (χ1n) is 9.99.